The monoisotopic (exact) mass is 355 g/mol. The number of hydrogen-bond donors (Lipinski definition) is 1. The fourth-order valence-corrected chi connectivity index (χ4v) is 3.33. The van der Waals surface area contributed by atoms with E-state index in [1.165, 1.54) is 24.3 Å². The number of nitrogens with zero attached hydrogens (tertiary/aromatic N) is 1. The zero-order valence-corrected chi connectivity index (χ0v) is 13.9. The zero-order valence-electron chi connectivity index (χ0n) is 13.1. The fraction of sp³-hybridized carbons (Fsp3) is 0.625. The molecule has 23 heavy (non-hydrogen) atoms. The van der Waals surface area contributed by atoms with Gasteiger partial charge in [0.25, 0.3) is 0 Å². The molecule has 1 aliphatic carbocycles. The van der Waals surface area contributed by atoms with Gasteiger partial charge >= 0.3 is 6.18 Å². The van der Waals surface area contributed by atoms with Crippen molar-refractivity contribution in [3.05, 3.63) is 29.8 Å². The molecule has 1 N–H and O–H groups in total. The van der Waals surface area contributed by atoms with Gasteiger partial charge in [0.05, 0.1) is 5.92 Å². The van der Waals surface area contributed by atoms with Gasteiger partial charge < -0.3 is 10.0 Å². The lowest BCUT2D eigenvalue weighted by molar-refractivity contribution is -0.201. The van der Waals surface area contributed by atoms with Gasteiger partial charge in [-0.1, -0.05) is 12.1 Å². The molecule has 0 aliphatic heterocycles. The van der Waals surface area contributed by atoms with Crippen LogP contribution in [0.4, 0.5) is 17.6 Å². The summed E-state index contributed by atoms with van der Waals surface area (Å²) in [6.07, 6.45) is -4.85. The molecule has 1 fully saturated rings. The van der Waals surface area contributed by atoms with Gasteiger partial charge in [-0.25, -0.2) is 4.39 Å². The van der Waals surface area contributed by atoms with E-state index >= 15 is 4.39 Å². The molecule has 1 saturated carbocycles. The molecule has 0 spiro atoms. The van der Waals surface area contributed by atoms with E-state index in [-0.39, 0.29) is 36.6 Å². The highest BCUT2D eigenvalue weighted by Crippen LogP contribution is 2.51. The van der Waals surface area contributed by atoms with E-state index < -0.39 is 30.1 Å². The Morgan fingerprint density at radius 3 is 2.43 bits per heavy atom. The third-order valence-electron chi connectivity index (χ3n) is 4.43. The molecule has 3 unspecified atom stereocenters. The summed E-state index contributed by atoms with van der Waals surface area (Å²) in [5.41, 5.74) is -1.95. The van der Waals surface area contributed by atoms with E-state index in [0.717, 1.165) is 0 Å². The van der Waals surface area contributed by atoms with Crippen molar-refractivity contribution in [3.8, 4) is 5.75 Å². The minimum Gasteiger partial charge on any atom is -0.508 e. The number of halogens is 5. The second-order valence-electron chi connectivity index (χ2n) is 6.39. The van der Waals surface area contributed by atoms with Gasteiger partial charge in [-0.05, 0) is 51.1 Å². The van der Waals surface area contributed by atoms with Crippen LogP contribution in [0.2, 0.25) is 0 Å². The molecule has 3 atom stereocenters. The Kier molecular flexibility index (Phi) is 6.32. The number of aromatic hydroxyl groups is 1. The molecule has 1 aliphatic rings. The lowest BCUT2D eigenvalue weighted by Gasteiger charge is -2.43. The van der Waals surface area contributed by atoms with Crippen LogP contribution in [0.1, 0.15) is 24.8 Å². The van der Waals surface area contributed by atoms with Crippen molar-refractivity contribution in [3.63, 3.8) is 0 Å². The van der Waals surface area contributed by atoms with E-state index in [0.29, 0.717) is 6.54 Å². The number of alkyl halides is 4. The summed E-state index contributed by atoms with van der Waals surface area (Å²) in [6, 6.07) is 5.55. The Balaban J connectivity index is 0.00000264. The summed E-state index contributed by atoms with van der Waals surface area (Å²) in [5, 5.41) is 9.55. The van der Waals surface area contributed by atoms with Crippen molar-refractivity contribution in [2.24, 2.45) is 11.8 Å². The lowest BCUT2D eigenvalue weighted by atomic mass is 9.68. The van der Waals surface area contributed by atoms with Crippen molar-refractivity contribution < 1.29 is 22.7 Å². The van der Waals surface area contributed by atoms with E-state index in [4.69, 9.17) is 0 Å². The van der Waals surface area contributed by atoms with Crippen molar-refractivity contribution in [2.45, 2.75) is 31.1 Å². The minimum atomic E-state index is -4.39. The Morgan fingerprint density at radius 2 is 1.91 bits per heavy atom. The quantitative estimate of drug-likeness (QED) is 0.806. The van der Waals surface area contributed by atoms with Crippen molar-refractivity contribution in [1.29, 1.82) is 0 Å². The highest BCUT2D eigenvalue weighted by atomic mass is 35.5. The Morgan fingerprint density at radius 1 is 1.26 bits per heavy atom. The lowest BCUT2D eigenvalue weighted by Crippen LogP contribution is -2.45. The van der Waals surface area contributed by atoms with E-state index in [2.05, 4.69) is 0 Å². The van der Waals surface area contributed by atoms with Gasteiger partial charge in [-0.3, -0.25) is 0 Å². The van der Waals surface area contributed by atoms with Crippen molar-refractivity contribution in [1.82, 2.24) is 4.90 Å². The maximum Gasteiger partial charge on any atom is 0.391 e. The number of phenolic OH excluding ortho intramolecular Hbond substituents is 1. The van der Waals surface area contributed by atoms with Gasteiger partial charge in [0.15, 0.2) is 0 Å². The van der Waals surface area contributed by atoms with Crippen LogP contribution < -0.4 is 0 Å². The smallest absolute Gasteiger partial charge is 0.391 e. The molecule has 0 aromatic heterocycles. The Bertz CT molecular complexity index is 523. The summed E-state index contributed by atoms with van der Waals surface area (Å²) >= 11 is 0. The first-order valence-electron chi connectivity index (χ1n) is 7.33. The standard InChI is InChI=1S/C16H21F4NO.ClH/c1-21(2)10-13-7-6-12(16(18,19)20)9-15(13,17)11-4-3-5-14(22)8-11;/h3-5,8,12-13,22H,6-7,9-10H2,1-2H3;1H. The van der Waals surface area contributed by atoms with Crippen LogP contribution in [0.15, 0.2) is 24.3 Å². The molecule has 0 amide bonds. The number of hydrogen-bond acceptors (Lipinski definition) is 2. The molecular formula is C16H22ClF4NO. The molecule has 0 heterocycles. The fourth-order valence-electron chi connectivity index (χ4n) is 3.33. The van der Waals surface area contributed by atoms with Crippen LogP contribution in [-0.4, -0.2) is 36.8 Å². The normalized spacial score (nSPS) is 28.5. The van der Waals surface area contributed by atoms with Crippen LogP contribution in [0, 0.1) is 11.8 Å². The van der Waals surface area contributed by atoms with Crippen molar-refractivity contribution in [2.75, 3.05) is 20.6 Å². The first kappa shape index (κ1) is 20.0. The predicted molar refractivity (Wildman–Crippen MR) is 83.6 cm³/mol. The zero-order chi connectivity index (χ0) is 16.5. The third-order valence-corrected chi connectivity index (χ3v) is 4.43. The Labute approximate surface area is 139 Å². The first-order chi connectivity index (χ1) is 10.1. The number of rotatable bonds is 3. The largest absolute Gasteiger partial charge is 0.508 e. The van der Waals surface area contributed by atoms with Gasteiger partial charge in [-0.2, -0.15) is 13.2 Å². The van der Waals surface area contributed by atoms with E-state index in [1.807, 2.05) is 0 Å². The predicted octanol–water partition coefficient (Wildman–Crippen LogP) is 4.52. The van der Waals surface area contributed by atoms with Crippen LogP contribution >= 0.6 is 12.4 Å². The molecule has 2 rings (SSSR count). The summed E-state index contributed by atoms with van der Waals surface area (Å²) < 4.78 is 54.8. The summed E-state index contributed by atoms with van der Waals surface area (Å²) in [5.74, 6) is -2.30. The number of phenols is 1. The molecule has 0 bridgehead atoms. The summed E-state index contributed by atoms with van der Waals surface area (Å²) in [7, 11) is 3.55. The molecule has 7 heteroatoms. The van der Waals surface area contributed by atoms with E-state index in [1.54, 1.807) is 19.0 Å². The average molecular weight is 356 g/mol. The molecule has 0 saturated heterocycles. The van der Waals surface area contributed by atoms with Crippen LogP contribution in [0.25, 0.3) is 0 Å². The third kappa shape index (κ3) is 4.51. The van der Waals surface area contributed by atoms with Crippen LogP contribution in [0.5, 0.6) is 5.75 Å². The molecule has 132 valence electrons. The molecule has 0 radical (unpaired) electrons. The van der Waals surface area contributed by atoms with Crippen molar-refractivity contribution >= 4 is 12.4 Å². The highest BCUT2D eigenvalue weighted by molar-refractivity contribution is 5.85. The molecule has 1 aromatic carbocycles. The number of benzene rings is 1. The van der Waals surface area contributed by atoms with Gasteiger partial charge in [0.1, 0.15) is 11.4 Å². The van der Waals surface area contributed by atoms with Crippen LogP contribution in [-0.2, 0) is 5.67 Å². The highest BCUT2D eigenvalue weighted by Gasteiger charge is 2.53. The average Bonchev–Trinajstić information content (AvgIpc) is 2.39. The van der Waals surface area contributed by atoms with E-state index in [9.17, 15) is 18.3 Å². The molecule has 2 nitrogen and oxygen atoms in total. The summed E-state index contributed by atoms with van der Waals surface area (Å²) in [6.45, 7) is 0.372. The van der Waals surface area contributed by atoms with Crippen LogP contribution in [0.3, 0.4) is 0 Å². The molecule has 1 aromatic rings. The SMILES string of the molecule is CN(C)CC1CCC(C(F)(F)F)CC1(F)c1cccc(O)c1.Cl. The second-order valence-corrected chi connectivity index (χ2v) is 6.39. The van der Waals surface area contributed by atoms with Gasteiger partial charge in [0.2, 0.25) is 0 Å². The first-order valence-corrected chi connectivity index (χ1v) is 7.33. The molecular weight excluding hydrogens is 334 g/mol. The minimum absolute atomic E-state index is 0. The topological polar surface area (TPSA) is 23.5 Å². The Hall–Kier alpha value is -1.01. The van der Waals surface area contributed by atoms with Gasteiger partial charge in [0, 0.05) is 12.5 Å². The maximum absolute atomic E-state index is 15.7. The maximum atomic E-state index is 15.7. The summed E-state index contributed by atoms with van der Waals surface area (Å²) in [4.78, 5) is 1.79. The van der Waals surface area contributed by atoms with Gasteiger partial charge in [-0.15, -0.1) is 12.4 Å². The second kappa shape index (κ2) is 7.26.